The van der Waals surface area contributed by atoms with Gasteiger partial charge in [-0.05, 0) is 18.2 Å². The van der Waals surface area contributed by atoms with Crippen LogP contribution in [-0.2, 0) is 9.53 Å². The molecule has 1 fully saturated rings. The molecule has 1 aliphatic rings. The quantitative estimate of drug-likeness (QED) is 0.924. The minimum absolute atomic E-state index is 0.0318. The lowest BCUT2D eigenvalue weighted by Gasteiger charge is -2.33. The van der Waals surface area contributed by atoms with E-state index in [1.165, 1.54) is 0 Å². The summed E-state index contributed by atoms with van der Waals surface area (Å²) in [6.45, 7) is 1.84. The van der Waals surface area contributed by atoms with Gasteiger partial charge in [-0.3, -0.25) is 4.79 Å². The highest BCUT2D eigenvalue weighted by Gasteiger charge is 2.23. The molecule has 3 rings (SSSR count). The maximum Gasteiger partial charge on any atom is 0.306 e. The summed E-state index contributed by atoms with van der Waals surface area (Å²) >= 11 is 0. The second-order valence-corrected chi connectivity index (χ2v) is 4.90. The lowest BCUT2D eigenvalue weighted by molar-refractivity contribution is -0.140. The second-order valence-electron chi connectivity index (χ2n) is 4.90. The van der Waals surface area contributed by atoms with Crippen molar-refractivity contribution in [1.29, 1.82) is 0 Å². The van der Waals surface area contributed by atoms with Crippen LogP contribution >= 0.6 is 0 Å². The molecule has 1 N–H and O–H groups in total. The summed E-state index contributed by atoms with van der Waals surface area (Å²) < 4.78 is 5.48. The molecule has 1 aromatic carbocycles. The number of benzene rings is 1. The van der Waals surface area contributed by atoms with Crippen LogP contribution in [0.25, 0.3) is 10.9 Å². The topological polar surface area (TPSA) is 62.7 Å². The van der Waals surface area contributed by atoms with Gasteiger partial charge in [0.1, 0.15) is 5.82 Å². The normalized spacial score (nSPS) is 19.2. The molecule has 104 valence electrons. The van der Waals surface area contributed by atoms with Crippen LogP contribution in [0.15, 0.2) is 36.4 Å². The molecule has 5 heteroatoms. The van der Waals surface area contributed by atoms with Crippen molar-refractivity contribution in [3.8, 4) is 0 Å². The third-order valence-electron chi connectivity index (χ3n) is 3.45. The Kier molecular flexibility index (Phi) is 3.52. The lowest BCUT2D eigenvalue weighted by atomic mass is 10.2. The minimum Gasteiger partial charge on any atom is -0.481 e. The van der Waals surface area contributed by atoms with Crippen molar-refractivity contribution >= 4 is 22.7 Å². The van der Waals surface area contributed by atoms with Crippen LogP contribution in [0.5, 0.6) is 0 Å². The van der Waals surface area contributed by atoms with E-state index in [0.717, 1.165) is 23.3 Å². The maximum absolute atomic E-state index is 10.8. The third-order valence-corrected chi connectivity index (χ3v) is 3.45. The zero-order chi connectivity index (χ0) is 13.9. The fraction of sp³-hybridized carbons (Fsp3) is 0.333. The zero-order valence-electron chi connectivity index (χ0n) is 11.0. The Morgan fingerprint density at radius 2 is 2.20 bits per heavy atom. The van der Waals surface area contributed by atoms with Gasteiger partial charge in [0.05, 0.1) is 24.6 Å². The summed E-state index contributed by atoms with van der Waals surface area (Å²) in [5.41, 5.74) is 0.950. The number of aliphatic carboxylic acids is 1. The summed E-state index contributed by atoms with van der Waals surface area (Å²) in [5.74, 6) is 0.0470. The van der Waals surface area contributed by atoms with Gasteiger partial charge in [-0.15, -0.1) is 0 Å². The van der Waals surface area contributed by atoms with Crippen LogP contribution in [0.3, 0.4) is 0 Å². The first-order valence-electron chi connectivity index (χ1n) is 6.66. The molecule has 2 aromatic rings. The van der Waals surface area contributed by atoms with Crippen LogP contribution in [0.2, 0.25) is 0 Å². The lowest BCUT2D eigenvalue weighted by Crippen LogP contribution is -2.43. The molecule has 0 radical (unpaired) electrons. The Bertz CT molecular complexity index is 629. The zero-order valence-corrected chi connectivity index (χ0v) is 11.0. The van der Waals surface area contributed by atoms with Gasteiger partial charge in [-0.25, -0.2) is 4.98 Å². The number of ether oxygens (including phenoxy) is 1. The Labute approximate surface area is 116 Å². The summed E-state index contributed by atoms with van der Waals surface area (Å²) in [6.07, 6.45) is -0.237. The number of aromatic nitrogens is 1. The van der Waals surface area contributed by atoms with Crippen molar-refractivity contribution in [1.82, 2.24) is 4.98 Å². The number of para-hydroxylation sites is 1. The average molecular weight is 272 g/mol. The summed E-state index contributed by atoms with van der Waals surface area (Å²) in [5, 5.41) is 9.95. The first-order valence-corrected chi connectivity index (χ1v) is 6.66. The maximum atomic E-state index is 10.8. The van der Waals surface area contributed by atoms with Gasteiger partial charge in [0, 0.05) is 18.5 Å². The van der Waals surface area contributed by atoms with Gasteiger partial charge in [0.25, 0.3) is 0 Å². The van der Waals surface area contributed by atoms with E-state index in [1.54, 1.807) is 0 Å². The summed E-state index contributed by atoms with van der Waals surface area (Å²) in [6, 6.07) is 12.0. The molecule has 2 heterocycles. The number of anilines is 1. The van der Waals surface area contributed by atoms with Gasteiger partial charge in [0.2, 0.25) is 0 Å². The number of carboxylic acids is 1. The molecular formula is C15H16N2O3. The van der Waals surface area contributed by atoms with Gasteiger partial charge in [0.15, 0.2) is 0 Å². The number of carboxylic acid groups (broad SMARTS) is 1. The van der Waals surface area contributed by atoms with Gasteiger partial charge in [-0.1, -0.05) is 18.2 Å². The highest BCUT2D eigenvalue weighted by Crippen LogP contribution is 2.20. The SMILES string of the molecule is O=C(O)CC1CN(c2ccc3ccccc3n2)CCO1. The van der Waals surface area contributed by atoms with Crippen molar-refractivity contribution in [2.45, 2.75) is 12.5 Å². The van der Waals surface area contributed by atoms with E-state index >= 15 is 0 Å². The first-order chi connectivity index (χ1) is 9.72. The fourth-order valence-electron chi connectivity index (χ4n) is 2.48. The number of morpholine rings is 1. The third kappa shape index (κ3) is 2.72. The number of pyridine rings is 1. The molecule has 1 saturated heterocycles. The summed E-state index contributed by atoms with van der Waals surface area (Å²) in [4.78, 5) is 17.5. The van der Waals surface area contributed by atoms with E-state index in [0.29, 0.717) is 13.2 Å². The van der Waals surface area contributed by atoms with Crippen LogP contribution in [0.4, 0.5) is 5.82 Å². The predicted molar refractivity (Wildman–Crippen MR) is 75.9 cm³/mol. The van der Waals surface area contributed by atoms with Gasteiger partial charge in [-0.2, -0.15) is 0 Å². The fourth-order valence-corrected chi connectivity index (χ4v) is 2.48. The molecule has 20 heavy (non-hydrogen) atoms. The van der Waals surface area contributed by atoms with Crippen molar-refractivity contribution in [2.24, 2.45) is 0 Å². The molecule has 0 bridgehead atoms. The predicted octanol–water partition coefficient (Wildman–Crippen LogP) is 1.91. The monoisotopic (exact) mass is 272 g/mol. The van der Waals surface area contributed by atoms with Crippen molar-refractivity contribution in [3.05, 3.63) is 36.4 Å². The molecular weight excluding hydrogens is 256 g/mol. The number of nitrogens with zero attached hydrogens (tertiary/aromatic N) is 2. The largest absolute Gasteiger partial charge is 0.481 e. The molecule has 5 nitrogen and oxygen atoms in total. The number of hydrogen-bond donors (Lipinski definition) is 1. The molecule has 1 aliphatic heterocycles. The van der Waals surface area contributed by atoms with Gasteiger partial charge >= 0.3 is 5.97 Å². The second kappa shape index (κ2) is 5.46. The molecule has 0 aliphatic carbocycles. The standard InChI is InChI=1S/C15H16N2O3/c18-15(19)9-12-10-17(7-8-20-12)14-6-5-11-3-1-2-4-13(11)16-14/h1-6,12H,7-10H2,(H,18,19). The molecule has 1 aromatic heterocycles. The van der Waals surface area contributed by atoms with E-state index in [2.05, 4.69) is 9.88 Å². The Morgan fingerprint density at radius 3 is 3.05 bits per heavy atom. The molecule has 1 atom stereocenters. The van der Waals surface area contributed by atoms with Crippen molar-refractivity contribution in [3.63, 3.8) is 0 Å². The molecule has 0 saturated carbocycles. The number of hydrogen-bond acceptors (Lipinski definition) is 4. The van der Waals surface area contributed by atoms with Crippen LogP contribution in [0.1, 0.15) is 6.42 Å². The highest BCUT2D eigenvalue weighted by molar-refractivity contribution is 5.80. The van der Waals surface area contributed by atoms with Crippen LogP contribution in [-0.4, -0.2) is 41.9 Å². The van der Waals surface area contributed by atoms with E-state index in [4.69, 9.17) is 9.84 Å². The Hall–Kier alpha value is -2.14. The summed E-state index contributed by atoms with van der Waals surface area (Å²) in [7, 11) is 0. The smallest absolute Gasteiger partial charge is 0.306 e. The van der Waals surface area contributed by atoms with E-state index in [-0.39, 0.29) is 12.5 Å². The van der Waals surface area contributed by atoms with E-state index in [9.17, 15) is 4.79 Å². The Morgan fingerprint density at radius 1 is 1.35 bits per heavy atom. The van der Waals surface area contributed by atoms with Crippen LogP contribution < -0.4 is 4.90 Å². The average Bonchev–Trinajstić information content (AvgIpc) is 2.46. The van der Waals surface area contributed by atoms with Crippen LogP contribution in [0, 0.1) is 0 Å². The molecule has 0 amide bonds. The van der Waals surface area contributed by atoms with Gasteiger partial charge < -0.3 is 14.7 Å². The van der Waals surface area contributed by atoms with Crippen molar-refractivity contribution < 1.29 is 14.6 Å². The number of carbonyl (C=O) groups is 1. The minimum atomic E-state index is -0.830. The number of fused-ring (bicyclic) bond motifs is 1. The molecule has 0 spiro atoms. The van der Waals surface area contributed by atoms with E-state index in [1.807, 2.05) is 36.4 Å². The van der Waals surface area contributed by atoms with Crippen molar-refractivity contribution in [2.75, 3.05) is 24.6 Å². The highest BCUT2D eigenvalue weighted by atomic mass is 16.5. The number of rotatable bonds is 3. The molecule has 1 unspecified atom stereocenters. The first kappa shape index (κ1) is 12.9. The van der Waals surface area contributed by atoms with E-state index < -0.39 is 5.97 Å². The Balaban J connectivity index is 1.81.